The van der Waals surface area contributed by atoms with Gasteiger partial charge in [0.05, 0.1) is 5.69 Å². The second-order valence-corrected chi connectivity index (χ2v) is 7.20. The molecule has 1 aromatic rings. The number of likely N-dealkylation sites (tertiary alicyclic amines) is 1. The third-order valence-electron chi connectivity index (χ3n) is 5.31. The standard InChI is InChI=1S/C18H26N4O4/c1-11(23)22-5-3-12(4-6-22)18(25)19-14-7-13(8-14)15-9-17(24)21-16(20-15)10-26-2/h9,12-14H,3-8,10H2,1-2H3,(H,19,25)(H,20,21,24). The molecule has 0 spiro atoms. The lowest BCUT2D eigenvalue weighted by atomic mass is 9.77. The number of methoxy groups -OCH3 is 1. The molecular formula is C18H26N4O4. The predicted molar refractivity (Wildman–Crippen MR) is 94.5 cm³/mol. The van der Waals surface area contributed by atoms with Crippen LogP contribution in [-0.2, 0) is 20.9 Å². The summed E-state index contributed by atoms with van der Waals surface area (Å²) in [7, 11) is 1.56. The molecule has 2 aliphatic rings. The molecule has 1 aliphatic heterocycles. The van der Waals surface area contributed by atoms with Crippen LogP contribution < -0.4 is 10.9 Å². The number of hydrogen-bond donors (Lipinski definition) is 2. The minimum Gasteiger partial charge on any atom is -0.377 e. The third-order valence-corrected chi connectivity index (χ3v) is 5.31. The molecule has 1 aliphatic carbocycles. The molecular weight excluding hydrogens is 336 g/mol. The molecule has 2 N–H and O–H groups in total. The van der Waals surface area contributed by atoms with Crippen LogP contribution >= 0.6 is 0 Å². The van der Waals surface area contributed by atoms with Crippen LogP contribution in [0.25, 0.3) is 0 Å². The van der Waals surface area contributed by atoms with Gasteiger partial charge in [-0.15, -0.1) is 0 Å². The van der Waals surface area contributed by atoms with E-state index in [-0.39, 0.29) is 41.9 Å². The summed E-state index contributed by atoms with van der Waals surface area (Å²) in [5.74, 6) is 0.854. The fourth-order valence-electron chi connectivity index (χ4n) is 3.70. The van der Waals surface area contributed by atoms with Crippen molar-refractivity contribution in [1.29, 1.82) is 0 Å². The van der Waals surface area contributed by atoms with E-state index in [9.17, 15) is 14.4 Å². The second-order valence-electron chi connectivity index (χ2n) is 7.20. The van der Waals surface area contributed by atoms with Gasteiger partial charge >= 0.3 is 0 Å². The average Bonchev–Trinajstić information content (AvgIpc) is 2.57. The Bertz CT molecular complexity index is 718. The minimum atomic E-state index is -0.174. The normalized spacial score (nSPS) is 23.4. The van der Waals surface area contributed by atoms with Crippen molar-refractivity contribution in [2.75, 3.05) is 20.2 Å². The number of ether oxygens (including phenoxy) is 1. The maximum Gasteiger partial charge on any atom is 0.251 e. The summed E-state index contributed by atoms with van der Waals surface area (Å²) in [4.78, 5) is 44.4. The number of nitrogens with zero attached hydrogens (tertiary/aromatic N) is 2. The zero-order chi connectivity index (χ0) is 18.7. The van der Waals surface area contributed by atoms with Crippen LogP contribution in [0, 0.1) is 5.92 Å². The van der Waals surface area contributed by atoms with E-state index in [2.05, 4.69) is 15.3 Å². The Labute approximate surface area is 152 Å². The van der Waals surface area contributed by atoms with Crippen molar-refractivity contribution in [3.05, 3.63) is 27.9 Å². The molecule has 26 heavy (non-hydrogen) atoms. The first-order valence-corrected chi connectivity index (χ1v) is 9.11. The van der Waals surface area contributed by atoms with Crippen molar-refractivity contribution in [3.8, 4) is 0 Å². The molecule has 0 atom stereocenters. The summed E-state index contributed by atoms with van der Waals surface area (Å²) in [5.41, 5.74) is 0.591. The molecule has 2 heterocycles. The topological polar surface area (TPSA) is 104 Å². The smallest absolute Gasteiger partial charge is 0.251 e. The summed E-state index contributed by atoms with van der Waals surface area (Å²) in [6.07, 6.45) is 3.02. The SMILES string of the molecule is COCc1nc(C2CC(NC(=O)C3CCN(C(C)=O)CC3)C2)cc(=O)[nH]1. The summed E-state index contributed by atoms with van der Waals surface area (Å²) in [5, 5.41) is 3.10. The number of piperidine rings is 1. The van der Waals surface area contributed by atoms with Crippen LogP contribution in [0.3, 0.4) is 0 Å². The molecule has 8 heteroatoms. The van der Waals surface area contributed by atoms with Crippen molar-refractivity contribution in [2.45, 2.75) is 51.2 Å². The fraction of sp³-hybridized carbons (Fsp3) is 0.667. The highest BCUT2D eigenvalue weighted by Gasteiger charge is 2.35. The third kappa shape index (κ3) is 4.30. The van der Waals surface area contributed by atoms with E-state index in [4.69, 9.17) is 4.74 Å². The van der Waals surface area contributed by atoms with Gasteiger partial charge in [-0.25, -0.2) is 4.98 Å². The van der Waals surface area contributed by atoms with Crippen LogP contribution in [0.15, 0.2) is 10.9 Å². The maximum absolute atomic E-state index is 12.4. The monoisotopic (exact) mass is 362 g/mol. The van der Waals surface area contributed by atoms with E-state index in [1.807, 2.05) is 0 Å². The molecule has 2 fully saturated rings. The summed E-state index contributed by atoms with van der Waals surface area (Å²) in [6.45, 7) is 3.14. The number of carbonyl (C=O) groups excluding carboxylic acids is 2. The number of aromatic amines is 1. The highest BCUT2D eigenvalue weighted by molar-refractivity contribution is 5.80. The van der Waals surface area contributed by atoms with Crippen molar-refractivity contribution in [2.24, 2.45) is 5.92 Å². The van der Waals surface area contributed by atoms with Crippen molar-refractivity contribution in [3.63, 3.8) is 0 Å². The Morgan fingerprint density at radius 3 is 2.65 bits per heavy atom. The molecule has 3 rings (SSSR count). The largest absolute Gasteiger partial charge is 0.377 e. The Balaban J connectivity index is 1.48. The van der Waals surface area contributed by atoms with Gasteiger partial charge < -0.3 is 19.9 Å². The average molecular weight is 362 g/mol. The Morgan fingerprint density at radius 1 is 1.35 bits per heavy atom. The van der Waals surface area contributed by atoms with Gasteiger partial charge in [0.1, 0.15) is 12.4 Å². The number of rotatable bonds is 5. The number of aromatic nitrogens is 2. The molecule has 2 amide bonds. The zero-order valence-corrected chi connectivity index (χ0v) is 15.3. The first kappa shape index (κ1) is 18.6. The molecule has 0 radical (unpaired) electrons. The van der Waals surface area contributed by atoms with Gasteiger partial charge in [0.25, 0.3) is 5.56 Å². The molecule has 1 saturated heterocycles. The Hall–Kier alpha value is -2.22. The van der Waals surface area contributed by atoms with Gasteiger partial charge in [-0.05, 0) is 25.7 Å². The molecule has 0 bridgehead atoms. The van der Waals surface area contributed by atoms with Gasteiger partial charge in [-0.1, -0.05) is 0 Å². The number of hydrogen-bond acceptors (Lipinski definition) is 5. The van der Waals surface area contributed by atoms with Crippen LogP contribution in [0.2, 0.25) is 0 Å². The molecule has 1 aromatic heterocycles. The Morgan fingerprint density at radius 2 is 2.04 bits per heavy atom. The lowest BCUT2D eigenvalue weighted by Crippen LogP contribution is -2.48. The molecule has 142 valence electrons. The number of carbonyl (C=O) groups is 2. The van der Waals surface area contributed by atoms with Crippen molar-refractivity contribution in [1.82, 2.24) is 20.2 Å². The van der Waals surface area contributed by atoms with Gasteiger partial charge in [-0.3, -0.25) is 14.4 Å². The van der Waals surface area contributed by atoms with Crippen molar-refractivity contribution >= 4 is 11.8 Å². The first-order valence-electron chi connectivity index (χ1n) is 9.11. The van der Waals surface area contributed by atoms with Gasteiger partial charge in [0.15, 0.2) is 0 Å². The lowest BCUT2D eigenvalue weighted by molar-refractivity contribution is -0.134. The lowest BCUT2D eigenvalue weighted by Gasteiger charge is -2.37. The van der Waals surface area contributed by atoms with E-state index in [1.165, 1.54) is 6.07 Å². The van der Waals surface area contributed by atoms with E-state index < -0.39 is 0 Å². The number of amides is 2. The molecule has 8 nitrogen and oxygen atoms in total. The van der Waals surface area contributed by atoms with E-state index in [0.29, 0.717) is 18.9 Å². The van der Waals surface area contributed by atoms with E-state index >= 15 is 0 Å². The summed E-state index contributed by atoms with van der Waals surface area (Å²) < 4.78 is 5.02. The van der Waals surface area contributed by atoms with Crippen LogP contribution in [0.1, 0.15) is 50.0 Å². The zero-order valence-electron chi connectivity index (χ0n) is 15.3. The van der Waals surface area contributed by atoms with Crippen LogP contribution in [0.4, 0.5) is 0 Å². The van der Waals surface area contributed by atoms with E-state index in [0.717, 1.165) is 31.4 Å². The molecule has 0 aromatic carbocycles. The van der Waals surface area contributed by atoms with Crippen molar-refractivity contribution < 1.29 is 14.3 Å². The molecule has 1 saturated carbocycles. The first-order chi connectivity index (χ1) is 12.5. The highest BCUT2D eigenvalue weighted by Crippen LogP contribution is 2.35. The Kier molecular flexibility index (Phi) is 5.70. The minimum absolute atomic E-state index is 0.0179. The predicted octanol–water partition coefficient (Wildman–Crippen LogP) is 0.537. The summed E-state index contributed by atoms with van der Waals surface area (Å²) in [6, 6.07) is 1.66. The van der Waals surface area contributed by atoms with Crippen LogP contribution in [-0.4, -0.2) is 52.9 Å². The second kappa shape index (κ2) is 7.99. The van der Waals surface area contributed by atoms with E-state index in [1.54, 1.807) is 18.9 Å². The van der Waals surface area contributed by atoms with Gasteiger partial charge in [0.2, 0.25) is 11.8 Å². The fourth-order valence-corrected chi connectivity index (χ4v) is 3.70. The number of nitrogens with one attached hydrogen (secondary N) is 2. The van der Waals surface area contributed by atoms with Crippen LogP contribution in [0.5, 0.6) is 0 Å². The quantitative estimate of drug-likeness (QED) is 0.795. The number of H-pyrrole nitrogens is 1. The van der Waals surface area contributed by atoms with Gasteiger partial charge in [0, 0.05) is 51.1 Å². The maximum atomic E-state index is 12.4. The molecule has 0 unspecified atom stereocenters. The highest BCUT2D eigenvalue weighted by atomic mass is 16.5. The summed E-state index contributed by atoms with van der Waals surface area (Å²) >= 11 is 0. The van der Waals surface area contributed by atoms with Gasteiger partial charge in [-0.2, -0.15) is 0 Å².